The second-order valence-electron chi connectivity index (χ2n) is 6.14. The quantitative estimate of drug-likeness (QED) is 0.531. The van der Waals surface area contributed by atoms with Crippen LogP contribution in [0.25, 0.3) is 0 Å². The van der Waals surface area contributed by atoms with E-state index in [-0.39, 0.29) is 5.52 Å². The van der Waals surface area contributed by atoms with Gasteiger partial charge in [-0.25, -0.2) is 0 Å². The van der Waals surface area contributed by atoms with E-state index in [1.165, 1.54) is 64.2 Å². The normalized spacial score (nSPS) is 23.9. The molecule has 0 heterocycles. The van der Waals surface area contributed by atoms with Crippen LogP contribution in [0.4, 0.5) is 0 Å². The summed E-state index contributed by atoms with van der Waals surface area (Å²) in [5.74, 6) is 2.38. The lowest BCUT2D eigenvalue weighted by molar-refractivity contribution is -0.107. The van der Waals surface area contributed by atoms with Crippen molar-refractivity contribution in [1.29, 1.82) is 0 Å². The van der Waals surface area contributed by atoms with E-state index in [1.54, 1.807) is 6.08 Å². The van der Waals surface area contributed by atoms with Crippen LogP contribution in [-0.4, -0.2) is 5.52 Å². The van der Waals surface area contributed by atoms with Crippen molar-refractivity contribution in [2.45, 2.75) is 64.2 Å². The van der Waals surface area contributed by atoms with Crippen LogP contribution in [0.2, 0.25) is 0 Å². The van der Waals surface area contributed by atoms with Crippen molar-refractivity contribution in [3.8, 4) is 0 Å². The molecule has 0 radical (unpaired) electrons. The molecule has 0 spiro atoms. The van der Waals surface area contributed by atoms with Gasteiger partial charge in [0.2, 0.25) is 0 Å². The molecule has 0 N–H and O–H groups in total. The first-order valence-corrected chi connectivity index (χ1v) is 8.33. The van der Waals surface area contributed by atoms with Crippen molar-refractivity contribution in [1.82, 2.24) is 0 Å². The maximum Gasteiger partial charge on any atom is 0.170 e. The number of carbonyl (C=O) groups excluding carboxylic acids is 1. The third kappa shape index (κ3) is 4.19. The molecule has 0 bridgehead atoms. The molecule has 1 unspecified atom stereocenters. The van der Waals surface area contributed by atoms with Gasteiger partial charge in [-0.15, -0.1) is 0 Å². The van der Waals surface area contributed by atoms with Crippen LogP contribution < -0.4 is 0 Å². The molecule has 0 aliphatic heterocycles. The highest BCUT2D eigenvalue weighted by Gasteiger charge is 2.29. The molecule has 2 rings (SSSR count). The molecular weight excluding hydrogens is 239 g/mol. The molecule has 2 aliphatic rings. The predicted octanol–water partition coefficient (Wildman–Crippen LogP) is 4.72. The zero-order chi connectivity index (χ0) is 12.8. The zero-order valence-corrected chi connectivity index (χ0v) is 12.6. The first kappa shape index (κ1) is 14.3. The highest BCUT2D eigenvalue weighted by molar-refractivity contribution is 7.40. The van der Waals surface area contributed by atoms with Crippen molar-refractivity contribution < 1.29 is 4.79 Å². The van der Waals surface area contributed by atoms with E-state index >= 15 is 0 Å². The Balaban J connectivity index is 2.02. The highest BCUT2D eigenvalue weighted by atomic mass is 31.0. The van der Waals surface area contributed by atoms with Gasteiger partial charge in [0.15, 0.2) is 5.52 Å². The van der Waals surface area contributed by atoms with Crippen LogP contribution in [0, 0.1) is 17.8 Å². The second-order valence-corrected chi connectivity index (χ2v) is 6.70. The van der Waals surface area contributed by atoms with Crippen LogP contribution in [0.5, 0.6) is 0 Å². The standard InChI is InChI=1S/C16H27OP/c17-16(18)12-11-15(13-7-3-1-4-8-13)14-9-5-2-6-10-14/h11-15H,1-10,18H2/b12-11+. The predicted molar refractivity (Wildman–Crippen MR) is 80.5 cm³/mol. The lowest BCUT2D eigenvalue weighted by Crippen LogP contribution is -2.25. The molecule has 102 valence electrons. The minimum Gasteiger partial charge on any atom is -0.290 e. The zero-order valence-electron chi connectivity index (χ0n) is 11.4. The van der Waals surface area contributed by atoms with Crippen molar-refractivity contribution in [2.24, 2.45) is 17.8 Å². The maximum atomic E-state index is 11.2. The molecule has 2 fully saturated rings. The van der Waals surface area contributed by atoms with E-state index in [4.69, 9.17) is 0 Å². The molecule has 18 heavy (non-hydrogen) atoms. The van der Waals surface area contributed by atoms with Crippen molar-refractivity contribution in [2.75, 3.05) is 0 Å². The third-order valence-corrected chi connectivity index (χ3v) is 5.06. The van der Waals surface area contributed by atoms with E-state index in [2.05, 4.69) is 15.3 Å². The van der Waals surface area contributed by atoms with Gasteiger partial charge < -0.3 is 0 Å². The van der Waals surface area contributed by atoms with Crippen LogP contribution in [-0.2, 0) is 4.79 Å². The Bertz CT molecular complexity index is 267. The lowest BCUT2D eigenvalue weighted by atomic mass is 9.69. The fraction of sp³-hybridized carbons (Fsp3) is 0.812. The summed E-state index contributed by atoms with van der Waals surface area (Å²) in [7, 11) is 2.28. The summed E-state index contributed by atoms with van der Waals surface area (Å²) >= 11 is 0. The van der Waals surface area contributed by atoms with Gasteiger partial charge in [0, 0.05) is 0 Å². The van der Waals surface area contributed by atoms with Gasteiger partial charge in [-0.2, -0.15) is 0 Å². The summed E-state index contributed by atoms with van der Waals surface area (Å²) in [5.41, 5.74) is 0.131. The minimum atomic E-state index is 0.131. The molecule has 2 aliphatic carbocycles. The summed E-state index contributed by atoms with van der Waals surface area (Å²) in [6.45, 7) is 0. The number of carbonyl (C=O) groups is 1. The monoisotopic (exact) mass is 266 g/mol. The molecular formula is C16H27OP. The van der Waals surface area contributed by atoms with E-state index in [1.807, 2.05) is 0 Å². The Labute approximate surface area is 114 Å². The van der Waals surface area contributed by atoms with Gasteiger partial charge in [-0.3, -0.25) is 4.79 Å². The summed E-state index contributed by atoms with van der Waals surface area (Å²) in [5, 5.41) is 0. The molecule has 0 amide bonds. The molecule has 2 saturated carbocycles. The summed E-state index contributed by atoms with van der Waals surface area (Å²) in [4.78, 5) is 11.2. The molecule has 0 aromatic rings. The molecule has 1 nitrogen and oxygen atoms in total. The smallest absolute Gasteiger partial charge is 0.170 e. The summed E-state index contributed by atoms with van der Waals surface area (Å²) in [6, 6.07) is 0. The van der Waals surface area contributed by atoms with Gasteiger partial charge in [0.25, 0.3) is 0 Å². The average Bonchev–Trinajstić information content (AvgIpc) is 2.41. The van der Waals surface area contributed by atoms with Crippen LogP contribution in [0.15, 0.2) is 12.2 Å². The number of allylic oxidation sites excluding steroid dienone is 2. The van der Waals surface area contributed by atoms with Gasteiger partial charge in [-0.1, -0.05) is 53.8 Å². The molecule has 2 heteroatoms. The summed E-state index contributed by atoms with van der Waals surface area (Å²) in [6.07, 6.45) is 18.0. The maximum absolute atomic E-state index is 11.2. The molecule has 0 aromatic carbocycles. The Kier molecular flexibility index (Phi) is 5.89. The van der Waals surface area contributed by atoms with E-state index in [0.29, 0.717) is 5.92 Å². The van der Waals surface area contributed by atoms with E-state index in [0.717, 1.165) is 11.8 Å². The van der Waals surface area contributed by atoms with E-state index < -0.39 is 0 Å². The molecule has 0 aromatic heterocycles. The van der Waals surface area contributed by atoms with Crippen molar-refractivity contribution in [3.63, 3.8) is 0 Å². The average molecular weight is 266 g/mol. The van der Waals surface area contributed by atoms with E-state index in [9.17, 15) is 4.79 Å². The Morgan fingerprint density at radius 3 is 1.72 bits per heavy atom. The van der Waals surface area contributed by atoms with Crippen molar-refractivity contribution >= 4 is 14.8 Å². The third-order valence-electron chi connectivity index (χ3n) is 4.87. The lowest BCUT2D eigenvalue weighted by Gasteiger charge is -2.36. The van der Waals surface area contributed by atoms with Gasteiger partial charge >= 0.3 is 0 Å². The van der Waals surface area contributed by atoms with Crippen LogP contribution >= 0.6 is 9.24 Å². The van der Waals surface area contributed by atoms with Crippen LogP contribution in [0.3, 0.4) is 0 Å². The Morgan fingerprint density at radius 2 is 1.33 bits per heavy atom. The SMILES string of the molecule is O=C(P)/C=C/C(C1CCCCC1)C1CCCCC1. The first-order chi connectivity index (χ1) is 8.77. The number of rotatable bonds is 4. The first-order valence-electron chi connectivity index (χ1n) is 7.75. The molecule has 0 saturated heterocycles. The fourth-order valence-electron chi connectivity index (χ4n) is 3.94. The van der Waals surface area contributed by atoms with Gasteiger partial charge in [0.05, 0.1) is 0 Å². The van der Waals surface area contributed by atoms with Crippen molar-refractivity contribution in [3.05, 3.63) is 12.2 Å². The van der Waals surface area contributed by atoms with Crippen LogP contribution in [0.1, 0.15) is 64.2 Å². The largest absolute Gasteiger partial charge is 0.290 e. The Morgan fingerprint density at radius 1 is 0.889 bits per heavy atom. The summed E-state index contributed by atoms with van der Waals surface area (Å²) < 4.78 is 0. The Hall–Kier alpha value is -0.160. The van der Waals surface area contributed by atoms with Gasteiger partial charge in [0.1, 0.15) is 0 Å². The second kappa shape index (κ2) is 7.43. The van der Waals surface area contributed by atoms with Gasteiger partial charge in [-0.05, 0) is 49.5 Å². The molecule has 1 atom stereocenters. The topological polar surface area (TPSA) is 17.1 Å². The number of hydrogen-bond donors (Lipinski definition) is 0. The minimum absolute atomic E-state index is 0.131. The fourth-order valence-corrected chi connectivity index (χ4v) is 4.05. The number of hydrogen-bond acceptors (Lipinski definition) is 1. The highest BCUT2D eigenvalue weighted by Crippen LogP contribution is 2.40.